The van der Waals surface area contributed by atoms with Gasteiger partial charge in [-0.1, -0.05) is 18.2 Å². The van der Waals surface area contributed by atoms with E-state index < -0.39 is 0 Å². The van der Waals surface area contributed by atoms with Crippen molar-refractivity contribution in [1.29, 1.82) is 0 Å². The Morgan fingerprint density at radius 1 is 1.31 bits per heavy atom. The number of halogens is 1. The predicted octanol–water partition coefficient (Wildman–Crippen LogP) is 2.09. The maximum Gasteiger partial charge on any atom is 0.251 e. The molecule has 0 aliphatic heterocycles. The second kappa shape index (κ2) is 3.47. The van der Waals surface area contributed by atoms with Gasteiger partial charge in [0.15, 0.2) is 0 Å². The highest BCUT2D eigenvalue weighted by Crippen LogP contribution is 2.22. The molecule has 66 valence electrons. The van der Waals surface area contributed by atoms with Crippen LogP contribution in [0.1, 0.15) is 0 Å². The summed E-state index contributed by atoms with van der Waals surface area (Å²) in [4.78, 5) is 8.87. The second-order valence-electron chi connectivity index (χ2n) is 2.59. The first-order valence-corrected chi connectivity index (χ1v) is 4.81. The van der Waals surface area contributed by atoms with Crippen molar-refractivity contribution in [3.05, 3.63) is 33.9 Å². The highest BCUT2D eigenvalue weighted by molar-refractivity contribution is 14.1. The lowest BCUT2D eigenvalue weighted by Gasteiger charge is -2.02. The van der Waals surface area contributed by atoms with Crippen molar-refractivity contribution in [2.45, 2.75) is 0 Å². The van der Waals surface area contributed by atoms with Crippen LogP contribution in [0.5, 0.6) is 5.88 Å². The maximum absolute atomic E-state index is 5.07. The predicted molar refractivity (Wildman–Crippen MR) is 59.3 cm³/mol. The molecule has 0 amide bonds. The van der Waals surface area contributed by atoms with Crippen LogP contribution in [0.15, 0.2) is 30.3 Å². The molecule has 3 nitrogen and oxygen atoms in total. The first-order chi connectivity index (χ1) is 6.31. The van der Waals surface area contributed by atoms with Gasteiger partial charge in [-0.2, -0.15) is 5.90 Å². The molecule has 0 fully saturated rings. The molecule has 0 radical (unpaired) electrons. The zero-order chi connectivity index (χ0) is 9.26. The molecule has 13 heavy (non-hydrogen) atoms. The molecule has 0 aliphatic rings. The van der Waals surface area contributed by atoms with Crippen molar-refractivity contribution in [2.24, 2.45) is 5.90 Å². The number of nitrogens with two attached hydrogens (primary N) is 1. The summed E-state index contributed by atoms with van der Waals surface area (Å²) in [5, 5.41) is 1.09. The first-order valence-electron chi connectivity index (χ1n) is 3.73. The Hall–Kier alpha value is -0.880. The standard InChI is InChI=1S/C9H7IN2O/c10-7-5-6-3-1-2-4-8(6)12-9(7)13-11/h1-5H,11H2. The summed E-state index contributed by atoms with van der Waals surface area (Å²) >= 11 is 2.14. The van der Waals surface area contributed by atoms with Crippen molar-refractivity contribution in [2.75, 3.05) is 0 Å². The Balaban J connectivity index is 2.74. The number of hydrogen-bond acceptors (Lipinski definition) is 3. The summed E-state index contributed by atoms with van der Waals surface area (Å²) in [6, 6.07) is 9.83. The van der Waals surface area contributed by atoms with E-state index in [-0.39, 0.29) is 0 Å². The van der Waals surface area contributed by atoms with E-state index in [9.17, 15) is 0 Å². The average Bonchev–Trinajstić information content (AvgIpc) is 2.17. The molecule has 4 heteroatoms. The van der Waals surface area contributed by atoms with Crippen LogP contribution in [-0.2, 0) is 0 Å². The van der Waals surface area contributed by atoms with Gasteiger partial charge in [0.25, 0.3) is 5.88 Å². The van der Waals surface area contributed by atoms with Crippen LogP contribution in [0.25, 0.3) is 10.9 Å². The van der Waals surface area contributed by atoms with Crippen LogP contribution in [0.2, 0.25) is 0 Å². The Labute approximate surface area is 89.0 Å². The Morgan fingerprint density at radius 2 is 2.08 bits per heavy atom. The summed E-state index contributed by atoms with van der Waals surface area (Å²) in [7, 11) is 0. The van der Waals surface area contributed by atoms with E-state index in [4.69, 9.17) is 5.90 Å². The smallest absolute Gasteiger partial charge is 0.251 e. The zero-order valence-electron chi connectivity index (χ0n) is 6.70. The molecule has 0 unspecified atom stereocenters. The highest BCUT2D eigenvalue weighted by Gasteiger charge is 2.03. The number of para-hydroxylation sites is 1. The van der Waals surface area contributed by atoms with Crippen molar-refractivity contribution in [1.82, 2.24) is 4.98 Å². The molecular weight excluding hydrogens is 279 g/mol. The fourth-order valence-corrected chi connectivity index (χ4v) is 1.74. The van der Waals surface area contributed by atoms with E-state index in [0.29, 0.717) is 5.88 Å². The van der Waals surface area contributed by atoms with E-state index >= 15 is 0 Å². The van der Waals surface area contributed by atoms with Gasteiger partial charge in [-0.15, -0.1) is 0 Å². The van der Waals surface area contributed by atoms with Gasteiger partial charge in [0, 0.05) is 5.39 Å². The molecule has 0 saturated heterocycles. The number of pyridine rings is 1. The topological polar surface area (TPSA) is 48.1 Å². The van der Waals surface area contributed by atoms with Gasteiger partial charge in [0.1, 0.15) is 0 Å². The van der Waals surface area contributed by atoms with Crippen LogP contribution in [-0.4, -0.2) is 4.98 Å². The molecule has 0 spiro atoms. The summed E-state index contributed by atoms with van der Waals surface area (Å²) in [5.74, 6) is 5.55. The number of hydrogen-bond donors (Lipinski definition) is 1. The molecule has 0 aliphatic carbocycles. The van der Waals surface area contributed by atoms with Gasteiger partial charge >= 0.3 is 0 Å². The largest absolute Gasteiger partial charge is 0.390 e. The highest BCUT2D eigenvalue weighted by atomic mass is 127. The Morgan fingerprint density at radius 3 is 2.85 bits per heavy atom. The third-order valence-corrected chi connectivity index (χ3v) is 2.53. The molecule has 0 saturated carbocycles. The van der Waals surface area contributed by atoms with Gasteiger partial charge in [0.2, 0.25) is 0 Å². The fraction of sp³-hybridized carbons (Fsp3) is 0. The molecule has 2 N–H and O–H groups in total. The minimum atomic E-state index is 0.472. The van der Waals surface area contributed by atoms with Crippen LogP contribution in [0.3, 0.4) is 0 Å². The number of nitrogens with zero attached hydrogens (tertiary/aromatic N) is 1. The van der Waals surface area contributed by atoms with Crippen LogP contribution in [0.4, 0.5) is 0 Å². The molecule has 1 aromatic heterocycles. The maximum atomic E-state index is 5.07. The number of fused-ring (bicyclic) bond motifs is 1. The minimum absolute atomic E-state index is 0.472. The van der Waals surface area contributed by atoms with Crippen LogP contribution < -0.4 is 10.7 Å². The van der Waals surface area contributed by atoms with Gasteiger partial charge in [-0.3, -0.25) is 0 Å². The zero-order valence-corrected chi connectivity index (χ0v) is 8.86. The Bertz CT molecular complexity index is 445. The van der Waals surface area contributed by atoms with E-state index in [1.165, 1.54) is 0 Å². The third kappa shape index (κ3) is 1.59. The molecule has 0 atom stereocenters. The van der Waals surface area contributed by atoms with Gasteiger partial charge in [0.05, 0.1) is 9.09 Å². The summed E-state index contributed by atoms with van der Waals surface area (Å²) in [6.07, 6.45) is 0. The van der Waals surface area contributed by atoms with Gasteiger partial charge in [-0.25, -0.2) is 4.98 Å². The van der Waals surface area contributed by atoms with Crippen molar-refractivity contribution in [3.63, 3.8) is 0 Å². The Kier molecular flexibility index (Phi) is 2.32. The summed E-state index contributed by atoms with van der Waals surface area (Å²) < 4.78 is 0.916. The number of benzene rings is 1. The van der Waals surface area contributed by atoms with E-state index in [1.807, 2.05) is 30.3 Å². The van der Waals surface area contributed by atoms with E-state index in [1.54, 1.807) is 0 Å². The minimum Gasteiger partial charge on any atom is -0.390 e. The van der Waals surface area contributed by atoms with E-state index in [2.05, 4.69) is 32.4 Å². The summed E-state index contributed by atoms with van der Waals surface area (Å²) in [5.41, 5.74) is 0.892. The first kappa shape index (κ1) is 8.71. The lowest BCUT2D eigenvalue weighted by molar-refractivity contribution is 0.319. The lowest BCUT2D eigenvalue weighted by Crippen LogP contribution is -2.05. The van der Waals surface area contributed by atoms with Crippen molar-refractivity contribution < 1.29 is 4.84 Å². The van der Waals surface area contributed by atoms with E-state index in [0.717, 1.165) is 14.5 Å². The average molecular weight is 286 g/mol. The lowest BCUT2D eigenvalue weighted by atomic mass is 10.2. The van der Waals surface area contributed by atoms with Gasteiger partial charge in [-0.05, 0) is 34.7 Å². The number of aromatic nitrogens is 1. The normalized spacial score (nSPS) is 10.3. The number of rotatable bonds is 1. The third-order valence-electron chi connectivity index (χ3n) is 1.76. The SMILES string of the molecule is NOc1nc2ccccc2cc1I. The fourth-order valence-electron chi connectivity index (χ4n) is 1.16. The monoisotopic (exact) mass is 286 g/mol. The molecular formula is C9H7IN2O. The van der Waals surface area contributed by atoms with Gasteiger partial charge < -0.3 is 4.84 Å². The van der Waals surface area contributed by atoms with Crippen LogP contribution >= 0.6 is 22.6 Å². The summed E-state index contributed by atoms with van der Waals surface area (Å²) in [6.45, 7) is 0. The molecule has 1 heterocycles. The second-order valence-corrected chi connectivity index (χ2v) is 3.75. The molecule has 1 aromatic carbocycles. The molecule has 0 bridgehead atoms. The van der Waals surface area contributed by atoms with Crippen LogP contribution in [0, 0.1) is 3.57 Å². The molecule has 2 rings (SSSR count). The van der Waals surface area contributed by atoms with Crippen molar-refractivity contribution >= 4 is 33.5 Å². The quantitative estimate of drug-likeness (QED) is 0.645. The van der Waals surface area contributed by atoms with Crippen molar-refractivity contribution in [3.8, 4) is 5.88 Å². The molecule has 2 aromatic rings.